The maximum absolute atomic E-state index is 12.6. The standard InChI is InChI=1S/C28H35N5O4S/c1-15(2)8-17-10-20(23(37-3)11-19(17)29)32-27-26-18-6-4-16(9-24(18)38-28(26)31-14-30-27)5-7-25(36)33-12-21(34)22(35)13-33/h8,10-11,14,16,21-22,34-35H,4-7,9,12-13,29H2,1-3H3,(H,30,31,32). The van der Waals surface area contributed by atoms with E-state index in [1.165, 1.54) is 10.4 Å². The molecule has 38 heavy (non-hydrogen) atoms. The Bertz CT molecular complexity index is 1370. The van der Waals surface area contributed by atoms with Gasteiger partial charge in [-0.15, -0.1) is 11.3 Å². The molecule has 3 aromatic rings. The largest absolute Gasteiger partial charge is 0.494 e. The summed E-state index contributed by atoms with van der Waals surface area (Å²) < 4.78 is 5.61. The van der Waals surface area contributed by atoms with Crippen LogP contribution in [0.2, 0.25) is 0 Å². The van der Waals surface area contributed by atoms with Crippen LogP contribution in [-0.2, 0) is 17.6 Å². The lowest BCUT2D eigenvalue weighted by Crippen LogP contribution is -2.30. The molecule has 3 heterocycles. The number of benzene rings is 1. The van der Waals surface area contributed by atoms with Gasteiger partial charge in [0.2, 0.25) is 5.91 Å². The van der Waals surface area contributed by atoms with E-state index >= 15 is 0 Å². The summed E-state index contributed by atoms with van der Waals surface area (Å²) >= 11 is 1.70. The molecular weight excluding hydrogens is 502 g/mol. The van der Waals surface area contributed by atoms with Crippen LogP contribution in [0.25, 0.3) is 16.3 Å². The van der Waals surface area contributed by atoms with Crippen molar-refractivity contribution in [3.63, 3.8) is 0 Å². The molecule has 1 aliphatic carbocycles. The zero-order valence-corrected chi connectivity index (χ0v) is 22.8. The van der Waals surface area contributed by atoms with Crippen LogP contribution < -0.4 is 15.8 Å². The zero-order valence-electron chi connectivity index (χ0n) is 22.0. The number of aliphatic hydroxyl groups is 2. The molecule has 0 saturated carbocycles. The minimum absolute atomic E-state index is 0.00465. The van der Waals surface area contributed by atoms with Gasteiger partial charge in [0.15, 0.2) is 0 Å². The van der Waals surface area contributed by atoms with Gasteiger partial charge >= 0.3 is 0 Å². The number of rotatable bonds is 7. The smallest absolute Gasteiger partial charge is 0.222 e. The minimum Gasteiger partial charge on any atom is -0.494 e. The second kappa shape index (κ2) is 10.9. The molecule has 0 bridgehead atoms. The molecule has 3 unspecified atom stereocenters. The Kier molecular flexibility index (Phi) is 7.56. The number of nitrogens with one attached hydrogen (secondary N) is 1. The quantitative estimate of drug-likeness (QED) is 0.334. The highest BCUT2D eigenvalue weighted by molar-refractivity contribution is 7.19. The van der Waals surface area contributed by atoms with Gasteiger partial charge in [-0.2, -0.15) is 0 Å². The van der Waals surface area contributed by atoms with E-state index in [2.05, 4.69) is 15.3 Å². The Morgan fingerprint density at radius 1 is 1.26 bits per heavy atom. The number of aryl methyl sites for hydroxylation is 1. The number of ether oxygens (including phenoxy) is 1. The van der Waals surface area contributed by atoms with Crippen LogP contribution in [0.1, 0.15) is 49.1 Å². The van der Waals surface area contributed by atoms with E-state index in [4.69, 9.17) is 10.5 Å². The monoisotopic (exact) mass is 537 g/mol. The zero-order chi connectivity index (χ0) is 27.0. The highest BCUT2D eigenvalue weighted by Crippen LogP contribution is 2.42. The summed E-state index contributed by atoms with van der Waals surface area (Å²) in [6, 6.07) is 3.81. The second-order valence-corrected chi connectivity index (χ2v) is 11.6. The van der Waals surface area contributed by atoms with Crippen LogP contribution in [0.3, 0.4) is 0 Å². The van der Waals surface area contributed by atoms with Gasteiger partial charge in [-0.1, -0.05) is 11.6 Å². The van der Waals surface area contributed by atoms with E-state index in [9.17, 15) is 15.0 Å². The maximum atomic E-state index is 12.6. The van der Waals surface area contributed by atoms with Crippen LogP contribution in [0.15, 0.2) is 24.0 Å². The Labute approximate surface area is 226 Å². The van der Waals surface area contributed by atoms with Crippen molar-refractivity contribution in [2.45, 2.75) is 58.2 Å². The number of amides is 1. The molecule has 10 heteroatoms. The van der Waals surface area contributed by atoms with E-state index in [0.717, 1.165) is 58.5 Å². The van der Waals surface area contributed by atoms with E-state index in [1.54, 1.807) is 29.7 Å². The molecule has 3 atom stereocenters. The first-order valence-corrected chi connectivity index (χ1v) is 13.8. The summed E-state index contributed by atoms with van der Waals surface area (Å²) in [6.45, 7) is 4.50. The van der Waals surface area contributed by atoms with Gasteiger partial charge in [0.1, 0.15) is 22.7 Å². The lowest BCUT2D eigenvalue weighted by molar-refractivity contribution is -0.131. The van der Waals surface area contributed by atoms with Crippen molar-refractivity contribution in [3.8, 4) is 5.75 Å². The Balaban J connectivity index is 1.35. The summed E-state index contributed by atoms with van der Waals surface area (Å²) in [5.41, 5.74) is 11.0. The van der Waals surface area contributed by atoms with Crippen molar-refractivity contribution in [1.82, 2.24) is 14.9 Å². The predicted molar refractivity (Wildman–Crippen MR) is 151 cm³/mol. The van der Waals surface area contributed by atoms with Gasteiger partial charge in [0.05, 0.1) is 30.4 Å². The van der Waals surface area contributed by atoms with Crippen LogP contribution in [0, 0.1) is 5.92 Å². The van der Waals surface area contributed by atoms with Crippen molar-refractivity contribution >= 4 is 50.7 Å². The highest BCUT2D eigenvalue weighted by atomic mass is 32.1. The van der Waals surface area contributed by atoms with Crippen molar-refractivity contribution in [2.24, 2.45) is 5.92 Å². The molecule has 9 nitrogen and oxygen atoms in total. The molecule has 2 aliphatic rings. The fraction of sp³-hybridized carbons (Fsp3) is 0.464. The normalized spacial score (nSPS) is 20.9. The number of nitrogen functional groups attached to an aromatic ring is 1. The van der Waals surface area contributed by atoms with Crippen LogP contribution in [0.5, 0.6) is 5.75 Å². The average Bonchev–Trinajstić information content (AvgIpc) is 3.43. The van der Waals surface area contributed by atoms with Crippen molar-refractivity contribution < 1.29 is 19.7 Å². The maximum Gasteiger partial charge on any atom is 0.222 e. The first-order valence-electron chi connectivity index (χ1n) is 13.0. The van der Waals surface area contributed by atoms with Gasteiger partial charge in [-0.25, -0.2) is 9.97 Å². The molecule has 1 aromatic carbocycles. The molecule has 1 fully saturated rings. The Hall–Kier alpha value is -3.21. The van der Waals surface area contributed by atoms with Gasteiger partial charge in [0, 0.05) is 36.1 Å². The van der Waals surface area contributed by atoms with Gasteiger partial charge < -0.3 is 30.9 Å². The highest BCUT2D eigenvalue weighted by Gasteiger charge is 2.33. The van der Waals surface area contributed by atoms with Crippen molar-refractivity contribution in [3.05, 3.63) is 40.0 Å². The average molecular weight is 538 g/mol. The predicted octanol–water partition coefficient (Wildman–Crippen LogP) is 3.90. The summed E-state index contributed by atoms with van der Waals surface area (Å²) in [4.78, 5) is 25.6. The summed E-state index contributed by atoms with van der Waals surface area (Å²) in [5.74, 6) is 1.81. The summed E-state index contributed by atoms with van der Waals surface area (Å²) in [6.07, 6.45) is 5.97. The first-order chi connectivity index (χ1) is 18.2. The van der Waals surface area contributed by atoms with E-state index in [1.807, 2.05) is 32.1 Å². The van der Waals surface area contributed by atoms with Crippen LogP contribution >= 0.6 is 11.3 Å². The number of nitrogens with two attached hydrogens (primary N) is 1. The lowest BCUT2D eigenvalue weighted by atomic mass is 9.85. The Morgan fingerprint density at radius 3 is 2.74 bits per heavy atom. The number of carbonyl (C=O) groups excluding carboxylic acids is 1. The fourth-order valence-electron chi connectivity index (χ4n) is 5.42. The third-order valence-corrected chi connectivity index (χ3v) is 8.59. The number of hydrogen-bond donors (Lipinski definition) is 4. The van der Waals surface area contributed by atoms with Gasteiger partial charge in [-0.3, -0.25) is 4.79 Å². The summed E-state index contributed by atoms with van der Waals surface area (Å²) in [7, 11) is 1.63. The number of thiophene rings is 1. The third kappa shape index (κ3) is 5.34. The van der Waals surface area contributed by atoms with Gasteiger partial charge in [-0.05, 0) is 62.6 Å². The topological polar surface area (TPSA) is 134 Å². The molecule has 5 rings (SSSR count). The molecule has 1 saturated heterocycles. The molecule has 2 aromatic heterocycles. The number of methoxy groups -OCH3 is 1. The first kappa shape index (κ1) is 26.4. The Morgan fingerprint density at radius 2 is 2.03 bits per heavy atom. The number of aromatic nitrogens is 2. The van der Waals surface area contributed by atoms with E-state index in [0.29, 0.717) is 23.8 Å². The van der Waals surface area contributed by atoms with E-state index in [-0.39, 0.29) is 19.0 Å². The number of aliphatic hydroxyl groups excluding tert-OH is 2. The number of fused-ring (bicyclic) bond motifs is 3. The molecule has 202 valence electrons. The second-order valence-electron chi connectivity index (χ2n) is 10.5. The lowest BCUT2D eigenvalue weighted by Gasteiger charge is -2.23. The minimum atomic E-state index is -0.842. The molecule has 0 spiro atoms. The van der Waals surface area contributed by atoms with E-state index < -0.39 is 12.2 Å². The van der Waals surface area contributed by atoms with Gasteiger partial charge in [0.25, 0.3) is 0 Å². The third-order valence-electron chi connectivity index (χ3n) is 7.43. The molecule has 0 radical (unpaired) electrons. The molecule has 1 amide bonds. The van der Waals surface area contributed by atoms with Crippen molar-refractivity contribution in [2.75, 3.05) is 31.2 Å². The number of anilines is 3. The number of allylic oxidation sites excluding steroid dienone is 1. The number of likely N-dealkylation sites (tertiary alicyclic amines) is 1. The number of carbonyl (C=O) groups is 1. The van der Waals surface area contributed by atoms with Crippen molar-refractivity contribution in [1.29, 1.82) is 0 Å². The van der Waals surface area contributed by atoms with Crippen LogP contribution in [-0.4, -0.2) is 63.4 Å². The number of β-amino-alcohol motifs (C(OH)–C–C–N with tert-alkyl or cyclic N) is 2. The number of nitrogens with zero attached hydrogens (tertiary/aromatic N) is 3. The SMILES string of the molecule is COc1cc(N)c(C=C(C)C)cc1Nc1ncnc2sc3c(c12)CCC(CCC(=O)N1CC(O)C(O)C1)C3. The fourth-order valence-corrected chi connectivity index (χ4v) is 6.72. The van der Waals surface area contributed by atoms with Crippen LogP contribution in [0.4, 0.5) is 17.2 Å². The number of hydrogen-bond acceptors (Lipinski definition) is 9. The molecule has 5 N–H and O–H groups in total. The molecule has 1 aliphatic heterocycles. The summed E-state index contributed by atoms with van der Waals surface area (Å²) in [5, 5.41) is 24.0. The molecular formula is C28H35N5O4S.